The summed E-state index contributed by atoms with van der Waals surface area (Å²) in [6.07, 6.45) is 2.50. The molecule has 2 aliphatic heterocycles. The number of halogens is 1. The number of aliphatic imine (C=N–C) groups is 1. The minimum Gasteiger partial charge on any atom is -0.490 e. The summed E-state index contributed by atoms with van der Waals surface area (Å²) >= 11 is 0. The fourth-order valence-corrected chi connectivity index (χ4v) is 3.49. The van der Waals surface area contributed by atoms with Gasteiger partial charge in [-0.2, -0.15) is 0 Å². The highest BCUT2D eigenvalue weighted by Gasteiger charge is 2.27. The summed E-state index contributed by atoms with van der Waals surface area (Å²) in [6, 6.07) is 6.01. The Morgan fingerprint density at radius 2 is 1.93 bits per heavy atom. The molecule has 0 aliphatic carbocycles. The number of nitrogens with one attached hydrogen (secondary N) is 1. The number of hydrogen-bond acceptors (Lipinski definition) is 5. The minimum atomic E-state index is -0.0729. The minimum absolute atomic E-state index is 0. The van der Waals surface area contributed by atoms with E-state index in [1.54, 1.807) is 0 Å². The largest absolute Gasteiger partial charge is 0.490 e. The Morgan fingerprint density at radius 3 is 2.62 bits per heavy atom. The highest BCUT2D eigenvalue weighted by Crippen LogP contribution is 2.30. The molecule has 0 saturated carbocycles. The lowest BCUT2D eigenvalue weighted by Gasteiger charge is -2.33. The van der Waals surface area contributed by atoms with Gasteiger partial charge in [-0.1, -0.05) is 6.07 Å². The Bertz CT molecular complexity index is 691. The van der Waals surface area contributed by atoms with Gasteiger partial charge in [-0.05, 0) is 44.4 Å². The van der Waals surface area contributed by atoms with Gasteiger partial charge in [0.1, 0.15) is 0 Å². The van der Waals surface area contributed by atoms with Gasteiger partial charge in [0.05, 0.1) is 32.3 Å². The van der Waals surface area contributed by atoms with Crippen LogP contribution in [0.5, 0.6) is 11.5 Å². The number of guanidine groups is 1. The molecule has 0 atom stereocenters. The van der Waals surface area contributed by atoms with Crippen molar-refractivity contribution in [1.29, 1.82) is 0 Å². The number of carbonyl (C=O) groups is 1. The predicted octanol–water partition coefficient (Wildman–Crippen LogP) is 3.21. The summed E-state index contributed by atoms with van der Waals surface area (Å²) < 4.78 is 16.6. The van der Waals surface area contributed by atoms with Gasteiger partial charge in [0, 0.05) is 26.1 Å². The molecule has 0 amide bonds. The van der Waals surface area contributed by atoms with E-state index < -0.39 is 0 Å². The second-order valence-corrected chi connectivity index (χ2v) is 7.02. The highest BCUT2D eigenvalue weighted by molar-refractivity contribution is 14.0. The molecule has 0 bridgehead atoms. The van der Waals surface area contributed by atoms with E-state index >= 15 is 0 Å². The molecule has 1 aromatic carbocycles. The third-order valence-corrected chi connectivity index (χ3v) is 4.97. The Kier molecular flexibility index (Phi) is 9.83. The fraction of sp³-hybridized carbons (Fsp3) is 0.619. The van der Waals surface area contributed by atoms with Gasteiger partial charge < -0.3 is 24.4 Å². The van der Waals surface area contributed by atoms with Crippen molar-refractivity contribution >= 4 is 35.9 Å². The summed E-state index contributed by atoms with van der Waals surface area (Å²) in [4.78, 5) is 19.0. The summed E-state index contributed by atoms with van der Waals surface area (Å²) in [5.74, 6) is 2.41. The molecule has 0 spiro atoms. The van der Waals surface area contributed by atoms with Crippen molar-refractivity contribution in [1.82, 2.24) is 10.2 Å². The lowest BCUT2D eigenvalue weighted by atomic mass is 9.97. The monoisotopic (exact) mass is 517 g/mol. The first kappa shape index (κ1) is 23.6. The number of likely N-dealkylation sites (tertiary alicyclic amines) is 1. The fourth-order valence-electron chi connectivity index (χ4n) is 3.49. The zero-order valence-corrected chi connectivity index (χ0v) is 19.6. The lowest BCUT2D eigenvalue weighted by molar-refractivity contribution is -0.149. The van der Waals surface area contributed by atoms with Crippen molar-refractivity contribution < 1.29 is 19.0 Å². The molecule has 0 unspecified atom stereocenters. The van der Waals surface area contributed by atoms with E-state index in [1.165, 1.54) is 0 Å². The van der Waals surface area contributed by atoms with Crippen LogP contribution in [0.4, 0.5) is 0 Å². The van der Waals surface area contributed by atoms with Gasteiger partial charge in [-0.15, -0.1) is 24.0 Å². The van der Waals surface area contributed by atoms with Crippen LogP contribution in [0.25, 0.3) is 0 Å². The molecule has 3 rings (SSSR count). The molecular weight excluding hydrogens is 485 g/mol. The molecule has 2 heterocycles. The van der Waals surface area contributed by atoms with Crippen molar-refractivity contribution in [3.8, 4) is 11.5 Å². The second-order valence-electron chi connectivity index (χ2n) is 7.02. The first-order chi connectivity index (χ1) is 13.7. The molecule has 1 aromatic rings. The first-order valence-electron chi connectivity index (χ1n) is 10.3. The average Bonchev–Trinajstić information content (AvgIpc) is 2.96. The molecule has 29 heavy (non-hydrogen) atoms. The molecule has 8 heteroatoms. The number of rotatable bonds is 5. The smallest absolute Gasteiger partial charge is 0.309 e. The molecule has 162 valence electrons. The van der Waals surface area contributed by atoms with Crippen molar-refractivity contribution in [2.75, 3.05) is 39.5 Å². The maximum Gasteiger partial charge on any atom is 0.309 e. The Morgan fingerprint density at radius 1 is 1.21 bits per heavy atom. The molecule has 0 aromatic heterocycles. The van der Waals surface area contributed by atoms with Gasteiger partial charge in [0.25, 0.3) is 0 Å². The quantitative estimate of drug-likeness (QED) is 0.280. The van der Waals surface area contributed by atoms with Crippen LogP contribution in [-0.2, 0) is 16.1 Å². The van der Waals surface area contributed by atoms with Crippen LogP contribution >= 0.6 is 24.0 Å². The van der Waals surface area contributed by atoms with Gasteiger partial charge in [0.2, 0.25) is 0 Å². The van der Waals surface area contributed by atoms with Crippen LogP contribution in [0, 0.1) is 5.92 Å². The third-order valence-electron chi connectivity index (χ3n) is 4.97. The van der Waals surface area contributed by atoms with Crippen LogP contribution in [0.2, 0.25) is 0 Å². The lowest BCUT2D eigenvalue weighted by Crippen LogP contribution is -2.46. The molecular formula is C21H32IN3O4. The number of fused-ring (bicyclic) bond motifs is 1. The number of esters is 1. The van der Waals surface area contributed by atoms with Crippen LogP contribution in [0.3, 0.4) is 0 Å². The third kappa shape index (κ3) is 6.65. The van der Waals surface area contributed by atoms with Crippen molar-refractivity contribution in [2.24, 2.45) is 10.9 Å². The van der Waals surface area contributed by atoms with Gasteiger partial charge in [-0.3, -0.25) is 4.79 Å². The van der Waals surface area contributed by atoms with E-state index in [9.17, 15) is 4.79 Å². The second kappa shape index (κ2) is 12.1. The van der Waals surface area contributed by atoms with Gasteiger partial charge in [0.15, 0.2) is 17.5 Å². The van der Waals surface area contributed by atoms with Gasteiger partial charge in [-0.25, -0.2) is 4.99 Å². The SMILES string of the molecule is CCNC(=NCc1ccc2c(c1)OCCCO2)N1CCC(C(=O)OCC)CC1.I. The van der Waals surface area contributed by atoms with Crippen LogP contribution in [0.1, 0.15) is 38.7 Å². The van der Waals surface area contributed by atoms with Crippen LogP contribution in [-0.4, -0.2) is 56.3 Å². The normalized spacial score (nSPS) is 17.2. The van der Waals surface area contributed by atoms with Gasteiger partial charge >= 0.3 is 5.97 Å². The van der Waals surface area contributed by atoms with E-state index in [-0.39, 0.29) is 35.9 Å². The molecule has 1 saturated heterocycles. The standard InChI is InChI=1S/C21H31N3O4.HI/c1-3-22-21(24-10-8-17(9-11-24)20(25)26-4-2)23-15-16-6-7-18-19(14-16)28-13-5-12-27-18;/h6-7,14,17H,3-5,8-13,15H2,1-2H3,(H,22,23);1H. The summed E-state index contributed by atoms with van der Waals surface area (Å²) in [6.45, 7) is 8.70. The van der Waals surface area contributed by atoms with Crippen molar-refractivity contribution in [3.63, 3.8) is 0 Å². The average molecular weight is 517 g/mol. The van der Waals surface area contributed by atoms with E-state index in [2.05, 4.69) is 17.1 Å². The number of benzene rings is 1. The van der Waals surface area contributed by atoms with E-state index in [0.717, 1.165) is 61.9 Å². The summed E-state index contributed by atoms with van der Waals surface area (Å²) in [5.41, 5.74) is 1.08. The summed E-state index contributed by atoms with van der Waals surface area (Å²) in [5, 5.41) is 3.37. The van der Waals surface area contributed by atoms with E-state index in [1.807, 2.05) is 25.1 Å². The Balaban J connectivity index is 0.00000300. The topological polar surface area (TPSA) is 72.4 Å². The number of nitrogens with zero attached hydrogens (tertiary/aromatic N) is 2. The zero-order chi connectivity index (χ0) is 19.8. The first-order valence-corrected chi connectivity index (χ1v) is 10.3. The van der Waals surface area contributed by atoms with Crippen LogP contribution in [0.15, 0.2) is 23.2 Å². The highest BCUT2D eigenvalue weighted by atomic mass is 127. The molecule has 1 fully saturated rings. The number of piperidine rings is 1. The van der Waals surface area contributed by atoms with Crippen LogP contribution < -0.4 is 14.8 Å². The number of ether oxygens (including phenoxy) is 3. The molecule has 7 nitrogen and oxygen atoms in total. The van der Waals surface area contributed by atoms with Crippen molar-refractivity contribution in [2.45, 2.75) is 39.7 Å². The Labute approximate surface area is 190 Å². The molecule has 2 aliphatic rings. The molecule has 0 radical (unpaired) electrons. The zero-order valence-electron chi connectivity index (χ0n) is 17.3. The van der Waals surface area contributed by atoms with E-state index in [4.69, 9.17) is 19.2 Å². The maximum atomic E-state index is 11.9. The van der Waals surface area contributed by atoms with E-state index in [0.29, 0.717) is 26.4 Å². The predicted molar refractivity (Wildman–Crippen MR) is 123 cm³/mol. The maximum absolute atomic E-state index is 11.9. The number of carbonyl (C=O) groups excluding carboxylic acids is 1. The number of hydrogen-bond donors (Lipinski definition) is 1. The molecule has 1 N–H and O–H groups in total. The summed E-state index contributed by atoms with van der Waals surface area (Å²) in [7, 11) is 0. The Hall–Kier alpha value is -1.71. The van der Waals surface area contributed by atoms with Crippen molar-refractivity contribution in [3.05, 3.63) is 23.8 Å².